The first-order valence-electron chi connectivity index (χ1n) is 10.5. The number of carbonyl (C=O) groups excluding carboxylic acids is 3. The lowest BCUT2D eigenvalue weighted by atomic mass is 10.2. The maximum Gasteiger partial charge on any atom is 0.420 e. The summed E-state index contributed by atoms with van der Waals surface area (Å²) in [5, 5.41) is 0.632. The number of hydrogen-bond donors (Lipinski definition) is 0. The van der Waals surface area contributed by atoms with E-state index in [4.69, 9.17) is 14.2 Å². The molecule has 0 aliphatic carbocycles. The number of halogens is 1. The zero-order valence-electron chi connectivity index (χ0n) is 20.6. The molecule has 2 rings (SSSR count). The van der Waals surface area contributed by atoms with E-state index >= 15 is 0 Å². The maximum atomic E-state index is 13.1. The van der Waals surface area contributed by atoms with Gasteiger partial charge in [0.25, 0.3) is 0 Å². The molecule has 2 heterocycles. The Balaban J connectivity index is 2.58. The average molecular weight is 526 g/mol. The fourth-order valence-electron chi connectivity index (χ4n) is 2.77. The number of imide groups is 1. The Morgan fingerprint density at radius 1 is 0.879 bits per heavy atom. The van der Waals surface area contributed by atoms with Gasteiger partial charge < -0.3 is 14.2 Å². The second kappa shape index (κ2) is 9.32. The van der Waals surface area contributed by atoms with E-state index in [1.165, 1.54) is 4.57 Å². The molecule has 0 spiro atoms. The van der Waals surface area contributed by atoms with E-state index in [1.54, 1.807) is 80.6 Å². The third kappa shape index (κ3) is 7.73. The fraction of sp³-hybridized carbons (Fsp3) is 0.565. The largest absolute Gasteiger partial charge is 0.443 e. The van der Waals surface area contributed by atoms with Gasteiger partial charge in [0.15, 0.2) is 0 Å². The van der Waals surface area contributed by atoms with Crippen LogP contribution in [0.15, 0.2) is 22.9 Å². The summed E-state index contributed by atoms with van der Waals surface area (Å²) in [7, 11) is 0. The molecular weight excluding hydrogens is 494 g/mol. The van der Waals surface area contributed by atoms with Crippen molar-refractivity contribution in [3.8, 4) is 0 Å². The highest BCUT2D eigenvalue weighted by Gasteiger charge is 2.33. The van der Waals surface area contributed by atoms with E-state index in [0.29, 0.717) is 21.2 Å². The second-order valence-electron chi connectivity index (χ2n) is 10.6. The van der Waals surface area contributed by atoms with Crippen molar-refractivity contribution in [2.45, 2.75) is 85.7 Å². The third-order valence-corrected chi connectivity index (χ3v) is 4.29. The average Bonchev–Trinajstić information content (AvgIpc) is 2.92. The lowest BCUT2D eigenvalue weighted by Gasteiger charge is -2.29. The first-order chi connectivity index (χ1) is 14.9. The molecule has 0 radical (unpaired) electrons. The van der Waals surface area contributed by atoms with E-state index in [9.17, 15) is 14.4 Å². The van der Waals surface area contributed by atoms with E-state index in [-0.39, 0.29) is 6.54 Å². The number of aromatic nitrogens is 2. The molecule has 0 saturated carbocycles. The van der Waals surface area contributed by atoms with Crippen LogP contribution in [0.1, 0.15) is 68.0 Å². The molecule has 9 nitrogen and oxygen atoms in total. The number of ether oxygens (including phenoxy) is 3. The van der Waals surface area contributed by atoms with Crippen molar-refractivity contribution >= 4 is 45.1 Å². The Morgan fingerprint density at radius 2 is 1.36 bits per heavy atom. The standard InChI is InChI=1S/C23H32BrN3O6/c1-21(2,3)31-18(28)26(19(29)32-22(4,5)6)13-15-10-14-12-25-17(24)11-16(14)27(15)20(30)33-23(7,8)9/h10-12H,13H2,1-9H3. The van der Waals surface area contributed by atoms with Crippen molar-refractivity contribution in [3.63, 3.8) is 0 Å². The molecule has 10 heteroatoms. The summed E-state index contributed by atoms with van der Waals surface area (Å²) in [5.41, 5.74) is -1.61. The molecule has 182 valence electrons. The molecule has 0 saturated heterocycles. The van der Waals surface area contributed by atoms with Gasteiger partial charge in [-0.25, -0.2) is 28.8 Å². The smallest absolute Gasteiger partial charge is 0.420 e. The van der Waals surface area contributed by atoms with Crippen molar-refractivity contribution in [2.75, 3.05) is 0 Å². The van der Waals surface area contributed by atoms with Crippen LogP contribution < -0.4 is 0 Å². The minimum Gasteiger partial charge on any atom is -0.443 e. The first kappa shape index (κ1) is 26.6. The molecule has 0 aliphatic heterocycles. The van der Waals surface area contributed by atoms with Crippen LogP contribution in [0.4, 0.5) is 14.4 Å². The van der Waals surface area contributed by atoms with Crippen LogP contribution in [0.2, 0.25) is 0 Å². The van der Waals surface area contributed by atoms with Crippen molar-refractivity contribution in [3.05, 3.63) is 28.6 Å². The van der Waals surface area contributed by atoms with Gasteiger partial charge in [-0.15, -0.1) is 0 Å². The number of rotatable bonds is 2. The third-order valence-electron chi connectivity index (χ3n) is 3.85. The van der Waals surface area contributed by atoms with Gasteiger partial charge in [-0.2, -0.15) is 0 Å². The molecule has 0 unspecified atom stereocenters. The fourth-order valence-corrected chi connectivity index (χ4v) is 3.09. The maximum absolute atomic E-state index is 13.1. The summed E-state index contributed by atoms with van der Waals surface area (Å²) in [6.45, 7) is 15.1. The first-order valence-corrected chi connectivity index (χ1v) is 11.3. The van der Waals surface area contributed by atoms with Gasteiger partial charge in [0.2, 0.25) is 0 Å². The predicted molar refractivity (Wildman–Crippen MR) is 127 cm³/mol. The quantitative estimate of drug-likeness (QED) is 0.337. The minimum absolute atomic E-state index is 0.282. The van der Waals surface area contributed by atoms with Crippen molar-refractivity contribution in [2.24, 2.45) is 0 Å². The predicted octanol–water partition coefficient (Wildman–Crippen LogP) is 6.25. The van der Waals surface area contributed by atoms with Gasteiger partial charge in [0, 0.05) is 11.6 Å². The number of fused-ring (bicyclic) bond motifs is 1. The summed E-state index contributed by atoms with van der Waals surface area (Å²) in [6.07, 6.45) is -0.859. The van der Waals surface area contributed by atoms with Gasteiger partial charge in [0.05, 0.1) is 17.8 Å². The summed E-state index contributed by atoms with van der Waals surface area (Å²) in [6, 6.07) is 3.33. The molecule has 0 bridgehead atoms. The normalized spacial score (nSPS) is 12.4. The molecule has 0 atom stereocenters. The number of amides is 2. The summed E-state index contributed by atoms with van der Waals surface area (Å²) in [5.74, 6) is 0. The number of nitrogens with zero attached hydrogens (tertiary/aromatic N) is 3. The van der Waals surface area contributed by atoms with Gasteiger partial charge in [0.1, 0.15) is 21.4 Å². The van der Waals surface area contributed by atoms with Crippen LogP contribution in [0, 0.1) is 0 Å². The topological polar surface area (TPSA) is 100.0 Å². The molecular formula is C23H32BrN3O6. The Morgan fingerprint density at radius 3 is 1.82 bits per heavy atom. The van der Waals surface area contributed by atoms with Crippen LogP contribution in [0.3, 0.4) is 0 Å². The van der Waals surface area contributed by atoms with Crippen molar-refractivity contribution in [1.29, 1.82) is 0 Å². The van der Waals surface area contributed by atoms with Crippen molar-refractivity contribution in [1.82, 2.24) is 14.5 Å². The minimum atomic E-state index is -0.892. The Labute approximate surface area is 202 Å². The highest BCUT2D eigenvalue weighted by atomic mass is 79.9. The van der Waals surface area contributed by atoms with E-state index in [1.807, 2.05) is 0 Å². The van der Waals surface area contributed by atoms with Crippen LogP contribution in [0.25, 0.3) is 10.9 Å². The highest BCUT2D eigenvalue weighted by Crippen LogP contribution is 2.26. The molecule has 0 aromatic carbocycles. The molecule has 2 amide bonds. The number of pyridine rings is 1. The zero-order chi connectivity index (χ0) is 25.4. The van der Waals surface area contributed by atoms with Crippen LogP contribution in [-0.4, -0.2) is 49.5 Å². The molecule has 2 aromatic rings. The molecule has 33 heavy (non-hydrogen) atoms. The van der Waals surface area contributed by atoms with Crippen LogP contribution in [-0.2, 0) is 20.8 Å². The Kier molecular flexibility index (Phi) is 7.52. The Bertz CT molecular complexity index is 1030. The SMILES string of the molecule is CC(C)(C)OC(=O)N(Cc1cc2cnc(Br)cc2n1C(=O)OC(C)(C)C)C(=O)OC(C)(C)C. The highest BCUT2D eigenvalue weighted by molar-refractivity contribution is 9.10. The molecule has 0 fully saturated rings. The Hall–Kier alpha value is -2.62. The van der Waals surface area contributed by atoms with Gasteiger partial charge in [-0.3, -0.25) is 0 Å². The van der Waals surface area contributed by atoms with Crippen LogP contribution in [0.5, 0.6) is 0 Å². The molecule has 0 N–H and O–H groups in total. The molecule has 2 aromatic heterocycles. The molecule has 0 aliphatic rings. The van der Waals surface area contributed by atoms with E-state index in [2.05, 4.69) is 20.9 Å². The summed E-state index contributed by atoms with van der Waals surface area (Å²) < 4.78 is 18.2. The lowest BCUT2D eigenvalue weighted by Crippen LogP contribution is -2.43. The number of hydrogen-bond acceptors (Lipinski definition) is 7. The summed E-state index contributed by atoms with van der Waals surface area (Å²) >= 11 is 3.31. The van der Waals surface area contributed by atoms with Gasteiger partial charge in [-0.05, 0) is 90.4 Å². The van der Waals surface area contributed by atoms with E-state index in [0.717, 1.165) is 4.90 Å². The summed E-state index contributed by atoms with van der Waals surface area (Å²) in [4.78, 5) is 44.0. The van der Waals surface area contributed by atoms with Gasteiger partial charge in [-0.1, -0.05) is 0 Å². The monoisotopic (exact) mass is 525 g/mol. The van der Waals surface area contributed by atoms with Crippen molar-refractivity contribution < 1.29 is 28.6 Å². The van der Waals surface area contributed by atoms with E-state index < -0.39 is 35.1 Å². The van der Waals surface area contributed by atoms with Crippen LogP contribution >= 0.6 is 15.9 Å². The second-order valence-corrected chi connectivity index (χ2v) is 11.4. The zero-order valence-corrected chi connectivity index (χ0v) is 22.2. The number of carbonyl (C=O) groups is 3. The van der Waals surface area contributed by atoms with Gasteiger partial charge >= 0.3 is 18.3 Å². The lowest BCUT2D eigenvalue weighted by molar-refractivity contribution is -0.00102.